The van der Waals surface area contributed by atoms with E-state index in [9.17, 15) is 9.59 Å². The van der Waals surface area contributed by atoms with Gasteiger partial charge in [0.15, 0.2) is 12.2 Å². The molecule has 3 amide bonds. The summed E-state index contributed by atoms with van der Waals surface area (Å²) >= 11 is 12.3. The molecule has 2 aliphatic heterocycles. The molecule has 0 saturated carbocycles. The molecule has 0 spiro atoms. The molecule has 2 unspecified atom stereocenters. The molecule has 0 bridgehead atoms. The van der Waals surface area contributed by atoms with Gasteiger partial charge in [0.2, 0.25) is 5.96 Å². The van der Waals surface area contributed by atoms with Crippen LogP contribution in [0.2, 0.25) is 10.0 Å². The molecule has 1 aromatic heterocycles. The maximum absolute atomic E-state index is 13.3. The summed E-state index contributed by atoms with van der Waals surface area (Å²) in [5, 5.41) is 5.45. The minimum atomic E-state index is -0.652. The van der Waals surface area contributed by atoms with Gasteiger partial charge in [-0.15, -0.1) is 0 Å². The number of benzene rings is 1. The quantitative estimate of drug-likeness (QED) is 0.722. The topological polar surface area (TPSA) is 74.0 Å². The van der Waals surface area contributed by atoms with Crippen molar-refractivity contribution in [1.82, 2.24) is 24.5 Å². The van der Waals surface area contributed by atoms with E-state index >= 15 is 0 Å². The summed E-state index contributed by atoms with van der Waals surface area (Å²) in [4.78, 5) is 35.3. The number of carbonyl (C=O) groups is 2. The van der Waals surface area contributed by atoms with Gasteiger partial charge >= 0.3 is 6.03 Å². The van der Waals surface area contributed by atoms with Crippen molar-refractivity contribution in [2.45, 2.75) is 39.5 Å². The number of urea groups is 1. The van der Waals surface area contributed by atoms with E-state index < -0.39 is 12.2 Å². The van der Waals surface area contributed by atoms with E-state index in [4.69, 9.17) is 28.2 Å². The van der Waals surface area contributed by atoms with Crippen molar-refractivity contribution >= 4 is 41.1 Å². The Morgan fingerprint density at radius 2 is 1.83 bits per heavy atom. The number of likely N-dealkylation sites (N-methyl/N-ethyl adjacent to an activating group) is 2. The predicted octanol–water partition coefficient (Wildman–Crippen LogP) is 3.14. The highest BCUT2D eigenvalue weighted by Crippen LogP contribution is 2.31. The van der Waals surface area contributed by atoms with Gasteiger partial charge < -0.3 is 9.80 Å². The lowest BCUT2D eigenvalue weighted by atomic mass is 10.1. The third-order valence-corrected chi connectivity index (χ3v) is 6.16. The second-order valence-electron chi connectivity index (χ2n) is 7.48. The Balaban J connectivity index is 1.80. The highest BCUT2D eigenvalue weighted by Gasteiger charge is 2.52. The first-order valence-corrected chi connectivity index (χ1v) is 10.4. The molecule has 0 aliphatic carbocycles. The van der Waals surface area contributed by atoms with E-state index in [1.54, 1.807) is 30.8 Å². The van der Waals surface area contributed by atoms with Crippen molar-refractivity contribution in [2.75, 3.05) is 13.6 Å². The van der Waals surface area contributed by atoms with Crippen molar-refractivity contribution in [1.29, 1.82) is 0 Å². The summed E-state index contributed by atoms with van der Waals surface area (Å²) in [5.74, 6) is 0.249. The van der Waals surface area contributed by atoms with Crippen LogP contribution in [0.3, 0.4) is 0 Å². The van der Waals surface area contributed by atoms with Gasteiger partial charge in [-0.05, 0) is 44.5 Å². The van der Waals surface area contributed by atoms with Crippen LogP contribution >= 0.6 is 23.2 Å². The Kier molecular flexibility index (Phi) is 5.23. The summed E-state index contributed by atoms with van der Waals surface area (Å²) < 4.78 is 1.72. The number of aryl methyl sites for hydroxylation is 2. The zero-order valence-electron chi connectivity index (χ0n) is 17.1. The van der Waals surface area contributed by atoms with Crippen LogP contribution in [0.1, 0.15) is 23.9 Å². The van der Waals surface area contributed by atoms with E-state index in [0.29, 0.717) is 29.1 Å². The fourth-order valence-electron chi connectivity index (χ4n) is 3.97. The minimum absolute atomic E-state index is 0.272. The maximum atomic E-state index is 13.3. The number of carbonyl (C=O) groups excluding carboxylic acids is 2. The first-order valence-electron chi connectivity index (χ1n) is 9.63. The Bertz CT molecular complexity index is 1070. The number of imide groups is 1. The molecule has 30 heavy (non-hydrogen) atoms. The van der Waals surface area contributed by atoms with Gasteiger partial charge in [-0.3, -0.25) is 9.69 Å². The lowest BCUT2D eigenvalue weighted by molar-refractivity contribution is -0.137. The molecule has 2 aliphatic rings. The fraction of sp³-hybridized carbons (Fsp3) is 0.400. The highest BCUT2D eigenvalue weighted by atomic mass is 35.5. The molecule has 8 nitrogen and oxygen atoms in total. The minimum Gasteiger partial charge on any atom is -0.321 e. The average molecular weight is 449 g/mol. The maximum Gasteiger partial charge on any atom is 0.328 e. The predicted molar refractivity (Wildman–Crippen MR) is 115 cm³/mol. The molecule has 10 heteroatoms. The SMILES string of the molecule is CCN1C(=O)C2C(N=C(n3nc(C)cc3C)N2Cc2ccc(Cl)c(Cl)c2)N(C)C1=O. The molecule has 2 aromatic rings. The van der Waals surface area contributed by atoms with Gasteiger partial charge in [0.25, 0.3) is 5.91 Å². The molecule has 3 heterocycles. The summed E-state index contributed by atoms with van der Waals surface area (Å²) in [6, 6.07) is 6.30. The van der Waals surface area contributed by atoms with E-state index in [1.165, 1.54) is 9.80 Å². The van der Waals surface area contributed by atoms with Crippen molar-refractivity contribution in [3.63, 3.8) is 0 Å². The van der Waals surface area contributed by atoms with Gasteiger partial charge in [-0.1, -0.05) is 29.3 Å². The van der Waals surface area contributed by atoms with Crippen molar-refractivity contribution in [2.24, 2.45) is 4.99 Å². The Labute approximate surface area is 184 Å². The lowest BCUT2D eigenvalue weighted by Gasteiger charge is -2.41. The number of rotatable bonds is 3. The number of aromatic nitrogens is 2. The molecular formula is C20H22Cl2N6O2. The number of hydrogen-bond donors (Lipinski definition) is 0. The van der Waals surface area contributed by atoms with E-state index in [-0.39, 0.29) is 11.9 Å². The number of aliphatic imine (C=N–C) groups is 1. The van der Waals surface area contributed by atoms with Crippen LogP contribution in [0.15, 0.2) is 29.3 Å². The zero-order chi connectivity index (χ0) is 21.7. The van der Waals surface area contributed by atoms with E-state index in [2.05, 4.69) is 5.10 Å². The van der Waals surface area contributed by atoms with Crippen LogP contribution in [-0.2, 0) is 11.3 Å². The Morgan fingerprint density at radius 1 is 1.10 bits per heavy atom. The van der Waals surface area contributed by atoms with Crippen LogP contribution in [0, 0.1) is 13.8 Å². The van der Waals surface area contributed by atoms with Crippen molar-refractivity contribution < 1.29 is 9.59 Å². The Morgan fingerprint density at radius 3 is 2.43 bits per heavy atom. The number of hydrogen-bond acceptors (Lipinski definition) is 5. The third-order valence-electron chi connectivity index (χ3n) is 5.42. The molecule has 0 radical (unpaired) electrons. The first-order chi connectivity index (χ1) is 14.2. The van der Waals surface area contributed by atoms with E-state index in [1.807, 2.05) is 30.9 Å². The van der Waals surface area contributed by atoms with Gasteiger partial charge in [-0.25, -0.2) is 14.5 Å². The largest absolute Gasteiger partial charge is 0.328 e. The summed E-state index contributed by atoms with van der Waals surface area (Å²) in [7, 11) is 1.67. The third kappa shape index (κ3) is 3.24. The first kappa shape index (κ1) is 20.7. The molecule has 1 aromatic carbocycles. The monoisotopic (exact) mass is 448 g/mol. The molecule has 2 atom stereocenters. The van der Waals surface area contributed by atoms with Crippen LogP contribution < -0.4 is 0 Å². The lowest BCUT2D eigenvalue weighted by Crippen LogP contribution is -2.65. The zero-order valence-corrected chi connectivity index (χ0v) is 18.6. The summed E-state index contributed by atoms with van der Waals surface area (Å²) in [6.07, 6.45) is -0.630. The van der Waals surface area contributed by atoms with Crippen molar-refractivity contribution in [3.8, 4) is 0 Å². The van der Waals surface area contributed by atoms with Gasteiger partial charge in [0.1, 0.15) is 0 Å². The summed E-state index contributed by atoms with van der Waals surface area (Å²) in [6.45, 7) is 6.26. The number of fused-ring (bicyclic) bond motifs is 1. The normalized spacial score (nSPS) is 21.4. The highest BCUT2D eigenvalue weighted by molar-refractivity contribution is 6.42. The van der Waals surface area contributed by atoms with E-state index in [0.717, 1.165) is 17.0 Å². The van der Waals surface area contributed by atoms with Gasteiger partial charge in [0, 0.05) is 25.8 Å². The molecule has 0 N–H and O–H groups in total. The second kappa shape index (κ2) is 7.59. The van der Waals surface area contributed by atoms with Crippen LogP contribution in [0.25, 0.3) is 0 Å². The molecule has 158 valence electrons. The molecule has 1 fully saturated rings. The van der Waals surface area contributed by atoms with Crippen LogP contribution in [0.5, 0.6) is 0 Å². The number of halogens is 2. The van der Waals surface area contributed by atoms with Crippen LogP contribution in [0.4, 0.5) is 4.79 Å². The second-order valence-corrected chi connectivity index (χ2v) is 8.29. The smallest absolute Gasteiger partial charge is 0.321 e. The summed E-state index contributed by atoms with van der Waals surface area (Å²) in [5.41, 5.74) is 2.60. The molecular weight excluding hydrogens is 427 g/mol. The number of amides is 3. The fourth-order valence-corrected chi connectivity index (χ4v) is 4.29. The molecule has 4 rings (SSSR count). The van der Waals surface area contributed by atoms with Gasteiger partial charge in [0.05, 0.1) is 15.7 Å². The molecule has 1 saturated heterocycles. The standard InChI is InChI=1S/C20H22Cl2N6O2/c1-5-26-18(29)16-17(25(4)20(26)30)23-19(28-12(3)8-11(2)24-28)27(16)10-13-6-7-14(21)15(22)9-13/h6-9,16-17H,5,10H2,1-4H3. The van der Waals surface area contributed by atoms with Gasteiger partial charge in [-0.2, -0.15) is 5.10 Å². The van der Waals surface area contributed by atoms with Crippen LogP contribution in [-0.4, -0.2) is 68.2 Å². The van der Waals surface area contributed by atoms with Crippen molar-refractivity contribution in [3.05, 3.63) is 51.3 Å². The number of nitrogens with zero attached hydrogens (tertiary/aromatic N) is 6. The average Bonchev–Trinajstić information content (AvgIpc) is 3.23. The Hall–Kier alpha value is -2.58.